The van der Waals surface area contributed by atoms with Crippen molar-refractivity contribution in [3.63, 3.8) is 0 Å². The lowest BCUT2D eigenvalue weighted by atomic mass is 9.84. The first-order valence-electron chi connectivity index (χ1n) is 6.14. The summed E-state index contributed by atoms with van der Waals surface area (Å²) in [6.45, 7) is 10.5. The third-order valence-electron chi connectivity index (χ3n) is 3.86. The van der Waals surface area contributed by atoms with Crippen LogP contribution in [0.1, 0.15) is 46.5 Å². The zero-order valence-corrected chi connectivity index (χ0v) is 10.0. The monoisotopic (exact) mass is 198 g/mol. The number of hydrogen-bond acceptors (Lipinski definition) is 2. The van der Waals surface area contributed by atoms with E-state index >= 15 is 0 Å². The van der Waals surface area contributed by atoms with Gasteiger partial charge >= 0.3 is 0 Å². The van der Waals surface area contributed by atoms with E-state index in [-0.39, 0.29) is 0 Å². The van der Waals surface area contributed by atoms with Crippen molar-refractivity contribution in [2.75, 3.05) is 19.6 Å². The molecule has 14 heavy (non-hydrogen) atoms. The molecule has 1 fully saturated rings. The van der Waals surface area contributed by atoms with Gasteiger partial charge in [0.25, 0.3) is 0 Å². The summed E-state index contributed by atoms with van der Waals surface area (Å²) >= 11 is 0. The highest BCUT2D eigenvalue weighted by Gasteiger charge is 2.21. The molecular weight excluding hydrogens is 172 g/mol. The Hall–Kier alpha value is -0.0800. The highest BCUT2D eigenvalue weighted by Crippen LogP contribution is 2.24. The minimum atomic E-state index is 0.505. The van der Waals surface area contributed by atoms with Gasteiger partial charge in [-0.2, -0.15) is 0 Å². The fraction of sp³-hybridized carbons (Fsp3) is 1.00. The predicted molar refractivity (Wildman–Crippen MR) is 62.6 cm³/mol. The Balaban J connectivity index is 2.23. The van der Waals surface area contributed by atoms with Crippen LogP contribution in [0.5, 0.6) is 0 Å². The predicted octanol–water partition coefficient (Wildman–Crippen LogP) is 2.15. The second kappa shape index (κ2) is 5.72. The van der Waals surface area contributed by atoms with Crippen LogP contribution in [0, 0.1) is 5.41 Å². The quantitative estimate of drug-likeness (QED) is 0.707. The van der Waals surface area contributed by atoms with E-state index < -0.39 is 0 Å². The van der Waals surface area contributed by atoms with Crippen LogP contribution in [0.2, 0.25) is 0 Å². The average Bonchev–Trinajstić information content (AvgIpc) is 2.27. The molecule has 84 valence electrons. The molecule has 2 N–H and O–H groups in total. The number of piperidine rings is 1. The Bertz CT molecular complexity index is 146. The molecule has 0 amide bonds. The highest BCUT2D eigenvalue weighted by molar-refractivity contribution is 4.79. The van der Waals surface area contributed by atoms with E-state index in [9.17, 15) is 0 Å². The van der Waals surface area contributed by atoms with Gasteiger partial charge in [0.2, 0.25) is 0 Å². The van der Waals surface area contributed by atoms with Gasteiger partial charge < -0.3 is 10.6 Å². The molecule has 0 atom stereocenters. The molecule has 2 nitrogen and oxygen atoms in total. The Morgan fingerprint density at radius 2 is 1.79 bits per heavy atom. The van der Waals surface area contributed by atoms with Gasteiger partial charge in [-0.3, -0.25) is 0 Å². The van der Waals surface area contributed by atoms with Crippen LogP contribution >= 0.6 is 0 Å². The first kappa shape index (κ1) is 12.0. The number of hydrogen-bond donors (Lipinski definition) is 2. The summed E-state index contributed by atoms with van der Waals surface area (Å²) in [5.74, 6) is 0. The van der Waals surface area contributed by atoms with Crippen molar-refractivity contribution < 1.29 is 0 Å². The van der Waals surface area contributed by atoms with E-state index in [1.54, 1.807) is 0 Å². The van der Waals surface area contributed by atoms with Gasteiger partial charge in [0.05, 0.1) is 0 Å². The van der Waals surface area contributed by atoms with Crippen LogP contribution < -0.4 is 10.6 Å². The van der Waals surface area contributed by atoms with E-state index in [0.717, 1.165) is 6.04 Å². The molecule has 1 aliphatic rings. The standard InChI is InChI=1S/C12H26N2/c1-4-12(3,5-2)10-14-11-6-8-13-9-7-11/h11,13-14H,4-10H2,1-3H3. The number of nitrogens with one attached hydrogen (secondary N) is 2. The third-order valence-corrected chi connectivity index (χ3v) is 3.86. The Labute approximate surface area is 88.8 Å². The molecule has 2 heteroatoms. The van der Waals surface area contributed by atoms with Crippen LogP contribution in [0.3, 0.4) is 0 Å². The van der Waals surface area contributed by atoms with E-state index in [0.29, 0.717) is 5.41 Å². The van der Waals surface area contributed by atoms with Crippen molar-refractivity contribution in [3.05, 3.63) is 0 Å². The van der Waals surface area contributed by atoms with Gasteiger partial charge in [-0.15, -0.1) is 0 Å². The Morgan fingerprint density at radius 1 is 1.21 bits per heavy atom. The van der Waals surface area contributed by atoms with Gasteiger partial charge in [-0.1, -0.05) is 20.8 Å². The van der Waals surface area contributed by atoms with Crippen LogP contribution in [0.4, 0.5) is 0 Å². The van der Waals surface area contributed by atoms with Crippen LogP contribution in [0.25, 0.3) is 0 Å². The van der Waals surface area contributed by atoms with Gasteiger partial charge in [0, 0.05) is 12.6 Å². The lowest BCUT2D eigenvalue weighted by Gasteiger charge is -2.31. The first-order chi connectivity index (χ1) is 6.70. The average molecular weight is 198 g/mol. The molecule has 0 aromatic rings. The molecule has 0 bridgehead atoms. The summed E-state index contributed by atoms with van der Waals surface area (Å²) in [4.78, 5) is 0. The smallest absolute Gasteiger partial charge is 0.00914 e. The van der Waals surface area contributed by atoms with E-state index in [4.69, 9.17) is 0 Å². The van der Waals surface area contributed by atoms with Crippen LogP contribution in [-0.4, -0.2) is 25.7 Å². The molecule has 0 aromatic carbocycles. The molecule has 0 unspecified atom stereocenters. The molecule has 1 saturated heterocycles. The SMILES string of the molecule is CCC(C)(CC)CNC1CCNCC1. The molecule has 0 aromatic heterocycles. The normalized spacial score (nSPS) is 19.9. The Kier molecular flexibility index (Phi) is 4.90. The second-order valence-corrected chi connectivity index (χ2v) is 4.92. The molecule has 0 spiro atoms. The van der Waals surface area contributed by atoms with Gasteiger partial charge in [-0.05, 0) is 44.2 Å². The molecule has 1 heterocycles. The topological polar surface area (TPSA) is 24.1 Å². The highest BCUT2D eigenvalue weighted by atomic mass is 15.0. The molecule has 0 radical (unpaired) electrons. The van der Waals surface area contributed by atoms with Crippen molar-refractivity contribution in [2.45, 2.75) is 52.5 Å². The summed E-state index contributed by atoms with van der Waals surface area (Å²) in [5.41, 5.74) is 0.505. The van der Waals surface area contributed by atoms with E-state index in [2.05, 4.69) is 31.4 Å². The van der Waals surface area contributed by atoms with Crippen molar-refractivity contribution in [3.8, 4) is 0 Å². The van der Waals surface area contributed by atoms with Crippen LogP contribution in [-0.2, 0) is 0 Å². The lowest BCUT2D eigenvalue weighted by Crippen LogP contribution is -2.43. The fourth-order valence-electron chi connectivity index (χ4n) is 1.92. The van der Waals surface area contributed by atoms with Gasteiger partial charge in [-0.25, -0.2) is 0 Å². The van der Waals surface area contributed by atoms with Crippen molar-refractivity contribution in [1.29, 1.82) is 0 Å². The maximum Gasteiger partial charge on any atom is 0.00914 e. The maximum atomic E-state index is 3.72. The third kappa shape index (κ3) is 3.58. The van der Waals surface area contributed by atoms with Gasteiger partial charge in [0.15, 0.2) is 0 Å². The molecule has 0 aliphatic carbocycles. The zero-order chi connectivity index (χ0) is 10.4. The molecular formula is C12H26N2. The summed E-state index contributed by atoms with van der Waals surface area (Å²) in [6.07, 6.45) is 5.15. The van der Waals surface area contributed by atoms with E-state index in [1.165, 1.54) is 45.3 Å². The van der Waals surface area contributed by atoms with Crippen molar-refractivity contribution >= 4 is 0 Å². The van der Waals surface area contributed by atoms with Gasteiger partial charge in [0.1, 0.15) is 0 Å². The summed E-state index contributed by atoms with van der Waals surface area (Å²) in [6, 6.07) is 0.758. The minimum Gasteiger partial charge on any atom is -0.317 e. The Morgan fingerprint density at radius 3 is 2.29 bits per heavy atom. The first-order valence-corrected chi connectivity index (χ1v) is 6.14. The second-order valence-electron chi connectivity index (χ2n) is 4.92. The number of rotatable bonds is 5. The van der Waals surface area contributed by atoms with E-state index in [1.807, 2.05) is 0 Å². The fourth-order valence-corrected chi connectivity index (χ4v) is 1.92. The minimum absolute atomic E-state index is 0.505. The summed E-state index contributed by atoms with van der Waals surface area (Å²) in [5, 5.41) is 7.12. The summed E-state index contributed by atoms with van der Waals surface area (Å²) in [7, 11) is 0. The molecule has 0 saturated carbocycles. The largest absolute Gasteiger partial charge is 0.317 e. The van der Waals surface area contributed by atoms with Crippen molar-refractivity contribution in [2.24, 2.45) is 5.41 Å². The zero-order valence-electron chi connectivity index (χ0n) is 10.0. The van der Waals surface area contributed by atoms with Crippen molar-refractivity contribution in [1.82, 2.24) is 10.6 Å². The molecule has 1 rings (SSSR count). The summed E-state index contributed by atoms with van der Waals surface area (Å²) < 4.78 is 0. The maximum absolute atomic E-state index is 3.72. The van der Waals surface area contributed by atoms with Crippen LogP contribution in [0.15, 0.2) is 0 Å². The molecule has 1 aliphatic heterocycles. The lowest BCUT2D eigenvalue weighted by molar-refractivity contribution is 0.253.